The molecule has 0 aliphatic carbocycles. The first-order valence-electron chi connectivity index (χ1n) is 5.19. The molecule has 1 aromatic carbocycles. The van der Waals surface area contributed by atoms with Crippen LogP contribution in [-0.4, -0.2) is 25.4 Å². The quantitative estimate of drug-likeness (QED) is 0.699. The largest absolute Gasteiger partial charge is 0.493 e. The first-order chi connectivity index (χ1) is 7.38. The van der Waals surface area contributed by atoms with E-state index in [-0.39, 0.29) is 6.61 Å². The van der Waals surface area contributed by atoms with Crippen molar-refractivity contribution in [3.8, 4) is 5.75 Å². The third-order valence-corrected chi connectivity index (χ3v) is 2.14. The van der Waals surface area contributed by atoms with Crippen LogP contribution in [-0.2, 0) is 11.3 Å². The van der Waals surface area contributed by atoms with Crippen molar-refractivity contribution in [3.05, 3.63) is 29.8 Å². The Bertz CT molecular complexity index is 273. The summed E-state index contributed by atoms with van der Waals surface area (Å²) >= 11 is 0. The van der Waals surface area contributed by atoms with Crippen molar-refractivity contribution in [3.63, 3.8) is 0 Å². The van der Waals surface area contributed by atoms with Crippen LogP contribution >= 0.6 is 0 Å². The SMILES string of the molecule is COCCCCOc1ccccc1CO. The lowest BCUT2D eigenvalue weighted by Crippen LogP contribution is -2.01. The van der Waals surface area contributed by atoms with Crippen LogP contribution in [0.2, 0.25) is 0 Å². The molecule has 0 saturated carbocycles. The summed E-state index contributed by atoms with van der Waals surface area (Å²) in [5.41, 5.74) is 0.837. The molecule has 3 nitrogen and oxygen atoms in total. The summed E-state index contributed by atoms with van der Waals surface area (Å²) in [6.07, 6.45) is 1.96. The molecule has 84 valence electrons. The van der Waals surface area contributed by atoms with Gasteiger partial charge in [-0.3, -0.25) is 0 Å². The van der Waals surface area contributed by atoms with Gasteiger partial charge in [0.05, 0.1) is 13.2 Å². The van der Waals surface area contributed by atoms with E-state index in [4.69, 9.17) is 14.6 Å². The van der Waals surface area contributed by atoms with E-state index in [2.05, 4.69) is 0 Å². The topological polar surface area (TPSA) is 38.7 Å². The van der Waals surface area contributed by atoms with E-state index in [1.807, 2.05) is 24.3 Å². The molecule has 0 aliphatic heterocycles. The Kier molecular flexibility index (Phi) is 5.81. The monoisotopic (exact) mass is 210 g/mol. The fourth-order valence-corrected chi connectivity index (χ4v) is 1.31. The number of unbranched alkanes of at least 4 members (excludes halogenated alkanes) is 1. The standard InChI is InChI=1S/C12H18O3/c1-14-8-4-5-9-15-12-7-3-2-6-11(12)10-13/h2-3,6-7,13H,4-5,8-10H2,1H3. The Morgan fingerprint density at radius 3 is 2.60 bits per heavy atom. The maximum absolute atomic E-state index is 9.06. The summed E-state index contributed by atoms with van der Waals surface area (Å²) in [7, 11) is 1.70. The van der Waals surface area contributed by atoms with Crippen LogP contribution < -0.4 is 4.74 Å². The highest BCUT2D eigenvalue weighted by Crippen LogP contribution is 2.17. The van der Waals surface area contributed by atoms with Gasteiger partial charge in [0.1, 0.15) is 5.75 Å². The summed E-state index contributed by atoms with van der Waals surface area (Å²) in [5.74, 6) is 0.775. The van der Waals surface area contributed by atoms with Crippen molar-refractivity contribution in [1.29, 1.82) is 0 Å². The average Bonchev–Trinajstić information content (AvgIpc) is 2.29. The first-order valence-corrected chi connectivity index (χ1v) is 5.19. The van der Waals surface area contributed by atoms with Gasteiger partial charge in [0.2, 0.25) is 0 Å². The van der Waals surface area contributed by atoms with Gasteiger partial charge in [-0.1, -0.05) is 18.2 Å². The van der Waals surface area contributed by atoms with Crippen LogP contribution in [0.3, 0.4) is 0 Å². The molecule has 0 unspecified atom stereocenters. The number of methoxy groups -OCH3 is 1. The van der Waals surface area contributed by atoms with Gasteiger partial charge in [-0.2, -0.15) is 0 Å². The second-order valence-corrected chi connectivity index (χ2v) is 3.31. The summed E-state index contributed by atoms with van der Waals surface area (Å²) in [6, 6.07) is 7.54. The molecule has 0 bridgehead atoms. The molecule has 1 rings (SSSR count). The number of hydrogen-bond donors (Lipinski definition) is 1. The van der Waals surface area contributed by atoms with Crippen LogP contribution in [0.4, 0.5) is 0 Å². The fraction of sp³-hybridized carbons (Fsp3) is 0.500. The minimum Gasteiger partial charge on any atom is -0.493 e. The van der Waals surface area contributed by atoms with Crippen LogP contribution in [0.1, 0.15) is 18.4 Å². The van der Waals surface area contributed by atoms with E-state index < -0.39 is 0 Å². The minimum absolute atomic E-state index is 0.0221. The number of rotatable bonds is 7. The molecule has 1 aromatic rings. The normalized spacial score (nSPS) is 10.3. The Morgan fingerprint density at radius 1 is 1.13 bits per heavy atom. The molecule has 0 spiro atoms. The van der Waals surface area contributed by atoms with Gasteiger partial charge in [-0.15, -0.1) is 0 Å². The van der Waals surface area contributed by atoms with Crippen molar-refractivity contribution >= 4 is 0 Å². The van der Waals surface area contributed by atoms with Gasteiger partial charge < -0.3 is 14.6 Å². The number of aliphatic hydroxyl groups is 1. The Labute approximate surface area is 90.6 Å². The maximum Gasteiger partial charge on any atom is 0.124 e. The molecular formula is C12H18O3. The van der Waals surface area contributed by atoms with Gasteiger partial charge in [0, 0.05) is 19.3 Å². The van der Waals surface area contributed by atoms with E-state index in [0.29, 0.717) is 6.61 Å². The smallest absolute Gasteiger partial charge is 0.124 e. The minimum atomic E-state index is 0.0221. The molecule has 0 saturated heterocycles. The predicted octanol–water partition coefficient (Wildman–Crippen LogP) is 1.98. The zero-order chi connectivity index (χ0) is 10.9. The highest BCUT2D eigenvalue weighted by Gasteiger charge is 2.00. The van der Waals surface area contributed by atoms with Crippen LogP contribution in [0, 0.1) is 0 Å². The lowest BCUT2D eigenvalue weighted by atomic mass is 10.2. The summed E-state index contributed by atoms with van der Waals surface area (Å²) in [6.45, 7) is 1.46. The second kappa shape index (κ2) is 7.26. The third kappa shape index (κ3) is 4.32. The number of hydrogen-bond acceptors (Lipinski definition) is 3. The van der Waals surface area contributed by atoms with E-state index in [0.717, 1.165) is 30.8 Å². The molecule has 0 atom stereocenters. The molecule has 0 radical (unpaired) electrons. The third-order valence-electron chi connectivity index (χ3n) is 2.14. The molecule has 0 aromatic heterocycles. The highest BCUT2D eigenvalue weighted by atomic mass is 16.5. The number of aliphatic hydroxyl groups excluding tert-OH is 1. The predicted molar refractivity (Wildman–Crippen MR) is 59.0 cm³/mol. The summed E-state index contributed by atoms with van der Waals surface area (Å²) in [4.78, 5) is 0. The zero-order valence-corrected chi connectivity index (χ0v) is 9.11. The van der Waals surface area contributed by atoms with Gasteiger partial charge in [-0.05, 0) is 18.9 Å². The Balaban J connectivity index is 2.30. The van der Waals surface area contributed by atoms with Gasteiger partial charge in [-0.25, -0.2) is 0 Å². The number of ether oxygens (including phenoxy) is 2. The van der Waals surface area contributed by atoms with Crippen molar-refractivity contribution < 1.29 is 14.6 Å². The van der Waals surface area contributed by atoms with Gasteiger partial charge in [0.15, 0.2) is 0 Å². The molecule has 15 heavy (non-hydrogen) atoms. The summed E-state index contributed by atoms with van der Waals surface area (Å²) < 4.78 is 10.5. The Morgan fingerprint density at radius 2 is 1.87 bits per heavy atom. The zero-order valence-electron chi connectivity index (χ0n) is 9.11. The van der Waals surface area contributed by atoms with Crippen LogP contribution in [0.15, 0.2) is 24.3 Å². The first kappa shape index (κ1) is 12.0. The molecule has 0 heterocycles. The highest BCUT2D eigenvalue weighted by molar-refractivity contribution is 5.32. The molecule has 1 N–H and O–H groups in total. The molecule has 0 amide bonds. The average molecular weight is 210 g/mol. The molecule has 0 fully saturated rings. The van der Waals surface area contributed by atoms with Crippen molar-refractivity contribution in [2.45, 2.75) is 19.4 Å². The van der Waals surface area contributed by atoms with E-state index >= 15 is 0 Å². The summed E-state index contributed by atoms with van der Waals surface area (Å²) in [5, 5.41) is 9.06. The second-order valence-electron chi connectivity index (χ2n) is 3.31. The van der Waals surface area contributed by atoms with Crippen LogP contribution in [0.5, 0.6) is 5.75 Å². The Hall–Kier alpha value is -1.06. The maximum atomic E-state index is 9.06. The van der Waals surface area contributed by atoms with Crippen LogP contribution in [0.25, 0.3) is 0 Å². The van der Waals surface area contributed by atoms with E-state index in [1.54, 1.807) is 7.11 Å². The van der Waals surface area contributed by atoms with Crippen molar-refractivity contribution in [1.82, 2.24) is 0 Å². The lowest BCUT2D eigenvalue weighted by Gasteiger charge is -2.09. The number of benzene rings is 1. The van der Waals surface area contributed by atoms with Gasteiger partial charge in [0.25, 0.3) is 0 Å². The fourth-order valence-electron chi connectivity index (χ4n) is 1.31. The van der Waals surface area contributed by atoms with Gasteiger partial charge >= 0.3 is 0 Å². The molecular weight excluding hydrogens is 192 g/mol. The van der Waals surface area contributed by atoms with Crippen molar-refractivity contribution in [2.24, 2.45) is 0 Å². The number of para-hydroxylation sites is 1. The van der Waals surface area contributed by atoms with E-state index in [9.17, 15) is 0 Å². The molecule has 0 aliphatic rings. The molecule has 3 heteroatoms. The van der Waals surface area contributed by atoms with E-state index in [1.165, 1.54) is 0 Å². The van der Waals surface area contributed by atoms with Crippen molar-refractivity contribution in [2.75, 3.05) is 20.3 Å². The lowest BCUT2D eigenvalue weighted by molar-refractivity contribution is 0.183.